The number of para-hydroxylation sites is 1. The van der Waals surface area contributed by atoms with Crippen LogP contribution in [-0.2, 0) is 9.59 Å². The molecule has 1 aliphatic rings. The van der Waals surface area contributed by atoms with Crippen molar-refractivity contribution in [1.82, 2.24) is 10.2 Å². The van der Waals surface area contributed by atoms with Crippen LogP contribution in [0.3, 0.4) is 0 Å². The molecule has 2 N–H and O–H groups in total. The van der Waals surface area contributed by atoms with E-state index in [-0.39, 0.29) is 6.54 Å². The Hall–Kier alpha value is -2.16. The molecule has 0 radical (unpaired) electrons. The molecule has 1 unspecified atom stereocenters. The van der Waals surface area contributed by atoms with Crippen LogP contribution >= 0.6 is 0 Å². The van der Waals surface area contributed by atoms with Gasteiger partial charge in [-0.05, 0) is 19.1 Å². The molecular weight excluding hydrogens is 330 g/mol. The average molecular weight is 347 g/mol. The topological polar surface area (TPSA) is 61.4 Å². The standard InChI is InChI=1S/C15H17F4N3O2/c1-2-22(14(24)11-6-15(18,19)8-20-11)7-12(23)21-13-9(16)4-3-5-10(13)17/h3-5,11,20H,2,6-8H2,1H3,(H,21,23). The van der Waals surface area contributed by atoms with Gasteiger partial charge in [-0.2, -0.15) is 0 Å². The monoisotopic (exact) mass is 347 g/mol. The Morgan fingerprint density at radius 1 is 1.33 bits per heavy atom. The van der Waals surface area contributed by atoms with Gasteiger partial charge in [-0.25, -0.2) is 17.6 Å². The van der Waals surface area contributed by atoms with Gasteiger partial charge >= 0.3 is 0 Å². The van der Waals surface area contributed by atoms with E-state index in [0.717, 1.165) is 23.1 Å². The molecule has 0 spiro atoms. The summed E-state index contributed by atoms with van der Waals surface area (Å²) in [4.78, 5) is 25.2. The number of benzene rings is 1. The summed E-state index contributed by atoms with van der Waals surface area (Å²) in [5, 5.41) is 4.46. The van der Waals surface area contributed by atoms with Crippen LogP contribution in [0.5, 0.6) is 0 Å². The van der Waals surface area contributed by atoms with E-state index in [2.05, 4.69) is 10.6 Å². The highest BCUT2D eigenvalue weighted by atomic mass is 19.3. The molecule has 1 aromatic rings. The van der Waals surface area contributed by atoms with Crippen molar-refractivity contribution in [3.8, 4) is 0 Å². The molecule has 2 amide bonds. The maximum atomic E-state index is 13.5. The molecule has 1 aromatic carbocycles. The first kappa shape index (κ1) is 18.2. The van der Waals surface area contributed by atoms with Gasteiger partial charge in [-0.1, -0.05) is 6.07 Å². The van der Waals surface area contributed by atoms with Crippen molar-refractivity contribution in [3.63, 3.8) is 0 Å². The van der Waals surface area contributed by atoms with Crippen LogP contribution in [0.1, 0.15) is 13.3 Å². The van der Waals surface area contributed by atoms with Crippen LogP contribution in [0.2, 0.25) is 0 Å². The lowest BCUT2D eigenvalue weighted by Crippen LogP contribution is -2.46. The van der Waals surface area contributed by atoms with Crippen LogP contribution in [0.15, 0.2) is 18.2 Å². The third-order valence-corrected chi connectivity index (χ3v) is 3.66. The van der Waals surface area contributed by atoms with Crippen LogP contribution < -0.4 is 10.6 Å². The highest BCUT2D eigenvalue weighted by Crippen LogP contribution is 2.26. The second-order valence-electron chi connectivity index (χ2n) is 5.49. The van der Waals surface area contributed by atoms with Gasteiger partial charge in [0, 0.05) is 13.0 Å². The van der Waals surface area contributed by atoms with Gasteiger partial charge < -0.3 is 10.2 Å². The number of nitrogens with one attached hydrogen (secondary N) is 2. The molecule has 1 atom stereocenters. The van der Waals surface area contributed by atoms with E-state index in [1.54, 1.807) is 6.92 Å². The number of likely N-dealkylation sites (N-methyl/N-ethyl adjacent to an activating group) is 1. The highest BCUT2D eigenvalue weighted by Gasteiger charge is 2.43. The minimum Gasteiger partial charge on any atom is -0.332 e. The first-order valence-electron chi connectivity index (χ1n) is 7.37. The van der Waals surface area contributed by atoms with Crippen molar-refractivity contribution in [3.05, 3.63) is 29.8 Å². The first-order valence-corrected chi connectivity index (χ1v) is 7.37. The number of carbonyl (C=O) groups is 2. The summed E-state index contributed by atoms with van der Waals surface area (Å²) in [6.45, 7) is 0.568. The van der Waals surface area contributed by atoms with Crippen molar-refractivity contribution < 1.29 is 27.2 Å². The van der Waals surface area contributed by atoms with Gasteiger partial charge in [-0.15, -0.1) is 0 Å². The third kappa shape index (κ3) is 4.22. The number of alkyl halides is 2. The lowest BCUT2D eigenvalue weighted by atomic mass is 10.1. The zero-order valence-electron chi connectivity index (χ0n) is 12.9. The molecule has 0 aromatic heterocycles. The predicted octanol–water partition coefficient (Wildman–Crippen LogP) is 1.75. The molecule has 0 aliphatic carbocycles. The second-order valence-corrected chi connectivity index (χ2v) is 5.49. The normalized spacial score (nSPS) is 19.1. The zero-order valence-corrected chi connectivity index (χ0v) is 12.9. The highest BCUT2D eigenvalue weighted by molar-refractivity contribution is 5.95. The van der Waals surface area contributed by atoms with Crippen LogP contribution in [-0.4, -0.2) is 48.3 Å². The molecule has 9 heteroatoms. The fraction of sp³-hybridized carbons (Fsp3) is 0.467. The average Bonchev–Trinajstić information content (AvgIpc) is 2.88. The van der Waals surface area contributed by atoms with Crippen molar-refractivity contribution >= 4 is 17.5 Å². The fourth-order valence-corrected chi connectivity index (χ4v) is 2.43. The molecular formula is C15H17F4N3O2. The van der Waals surface area contributed by atoms with Gasteiger partial charge in [0.15, 0.2) is 0 Å². The van der Waals surface area contributed by atoms with Crippen molar-refractivity contribution in [2.24, 2.45) is 0 Å². The van der Waals surface area contributed by atoms with E-state index in [1.807, 2.05) is 0 Å². The number of nitrogens with zero attached hydrogens (tertiary/aromatic N) is 1. The van der Waals surface area contributed by atoms with Gasteiger partial charge in [0.1, 0.15) is 17.3 Å². The minimum absolute atomic E-state index is 0.0930. The summed E-state index contributed by atoms with van der Waals surface area (Å²) in [5.74, 6) is -6.35. The number of amides is 2. The quantitative estimate of drug-likeness (QED) is 0.798. The summed E-state index contributed by atoms with van der Waals surface area (Å²) in [5.41, 5.74) is -0.614. The Morgan fingerprint density at radius 3 is 2.46 bits per heavy atom. The molecule has 24 heavy (non-hydrogen) atoms. The van der Waals surface area contributed by atoms with Crippen molar-refractivity contribution in [2.75, 3.05) is 25.0 Å². The molecule has 5 nitrogen and oxygen atoms in total. The smallest absolute Gasteiger partial charge is 0.262 e. The van der Waals surface area contributed by atoms with E-state index in [1.165, 1.54) is 0 Å². The van der Waals surface area contributed by atoms with E-state index in [0.29, 0.717) is 0 Å². The van der Waals surface area contributed by atoms with Crippen LogP contribution in [0, 0.1) is 11.6 Å². The summed E-state index contributed by atoms with van der Waals surface area (Å²) in [6.07, 6.45) is -0.647. The Balaban J connectivity index is 1.99. The molecule has 0 saturated carbocycles. The lowest BCUT2D eigenvalue weighted by Gasteiger charge is -2.23. The van der Waals surface area contributed by atoms with E-state index in [4.69, 9.17) is 0 Å². The largest absolute Gasteiger partial charge is 0.332 e. The zero-order chi connectivity index (χ0) is 17.9. The Morgan fingerprint density at radius 2 is 1.96 bits per heavy atom. The predicted molar refractivity (Wildman–Crippen MR) is 78.6 cm³/mol. The van der Waals surface area contributed by atoms with Crippen molar-refractivity contribution in [1.29, 1.82) is 0 Å². The number of hydrogen-bond donors (Lipinski definition) is 2. The summed E-state index contributed by atoms with van der Waals surface area (Å²) >= 11 is 0. The summed E-state index contributed by atoms with van der Waals surface area (Å²) < 4.78 is 53.3. The Kier molecular flexibility index (Phi) is 5.43. The maximum Gasteiger partial charge on any atom is 0.262 e. The molecule has 0 bridgehead atoms. The van der Waals surface area contributed by atoms with Gasteiger partial charge in [0.2, 0.25) is 11.8 Å². The Bertz CT molecular complexity index is 619. The molecule has 1 aliphatic heterocycles. The molecule has 1 heterocycles. The Labute approximate surface area is 136 Å². The maximum absolute atomic E-state index is 13.5. The number of rotatable bonds is 5. The summed E-state index contributed by atoms with van der Waals surface area (Å²) in [6, 6.07) is 2.02. The van der Waals surface area contributed by atoms with Gasteiger partial charge in [-0.3, -0.25) is 14.9 Å². The van der Waals surface area contributed by atoms with E-state index >= 15 is 0 Å². The molecule has 1 saturated heterocycles. The molecule has 1 fully saturated rings. The third-order valence-electron chi connectivity index (χ3n) is 3.66. The van der Waals surface area contributed by atoms with Gasteiger partial charge in [0.25, 0.3) is 5.92 Å². The van der Waals surface area contributed by atoms with Crippen molar-refractivity contribution in [2.45, 2.75) is 25.3 Å². The fourth-order valence-electron chi connectivity index (χ4n) is 2.43. The summed E-state index contributed by atoms with van der Waals surface area (Å²) in [7, 11) is 0. The SMILES string of the molecule is CCN(CC(=O)Nc1c(F)cccc1F)C(=O)C1CC(F)(F)CN1. The van der Waals surface area contributed by atoms with E-state index < -0.39 is 60.6 Å². The van der Waals surface area contributed by atoms with Crippen LogP contribution in [0.25, 0.3) is 0 Å². The van der Waals surface area contributed by atoms with Crippen LogP contribution in [0.4, 0.5) is 23.2 Å². The second kappa shape index (κ2) is 7.16. The number of carbonyl (C=O) groups excluding carboxylic acids is 2. The lowest BCUT2D eigenvalue weighted by molar-refractivity contribution is -0.136. The van der Waals surface area contributed by atoms with E-state index in [9.17, 15) is 27.2 Å². The number of halogens is 4. The minimum atomic E-state index is -2.97. The number of hydrogen-bond acceptors (Lipinski definition) is 3. The molecule has 132 valence electrons. The first-order chi connectivity index (χ1) is 11.2. The number of anilines is 1. The molecule has 2 rings (SSSR count). The van der Waals surface area contributed by atoms with Gasteiger partial charge in [0.05, 0.1) is 19.1 Å².